The predicted molar refractivity (Wildman–Crippen MR) is 123 cm³/mol. The van der Waals surface area contributed by atoms with Crippen LogP contribution in [0, 0.1) is 0 Å². The number of hydrogen-bond donors (Lipinski definition) is 1. The molecule has 0 unspecified atom stereocenters. The van der Waals surface area contributed by atoms with Crippen LogP contribution in [0.3, 0.4) is 0 Å². The van der Waals surface area contributed by atoms with E-state index >= 15 is 0 Å². The fourth-order valence-corrected chi connectivity index (χ4v) is 3.04. The van der Waals surface area contributed by atoms with Gasteiger partial charge in [-0.15, -0.1) is 0 Å². The third-order valence-electron chi connectivity index (χ3n) is 4.25. The second-order valence-corrected chi connectivity index (χ2v) is 6.98. The number of halogens is 1. The second-order valence-electron chi connectivity index (χ2n) is 6.57. The van der Waals surface area contributed by atoms with Gasteiger partial charge >= 0.3 is 5.97 Å². The Bertz CT molecular complexity index is 1190. The minimum Gasteiger partial charge on any atom is -0.494 e. The van der Waals surface area contributed by atoms with E-state index in [0.717, 1.165) is 10.7 Å². The molecule has 0 spiro atoms. The molecule has 10 heteroatoms. The summed E-state index contributed by atoms with van der Waals surface area (Å²) in [6.45, 7) is 3.66. The van der Waals surface area contributed by atoms with E-state index in [-0.39, 0.29) is 28.8 Å². The van der Waals surface area contributed by atoms with Gasteiger partial charge in [-0.05, 0) is 50.2 Å². The summed E-state index contributed by atoms with van der Waals surface area (Å²) in [6.07, 6.45) is 0. The van der Waals surface area contributed by atoms with Crippen molar-refractivity contribution < 1.29 is 23.8 Å². The van der Waals surface area contributed by atoms with Crippen LogP contribution in [-0.4, -0.2) is 41.5 Å². The highest BCUT2D eigenvalue weighted by Crippen LogP contribution is 2.21. The van der Waals surface area contributed by atoms with Gasteiger partial charge < -0.3 is 19.5 Å². The van der Waals surface area contributed by atoms with Crippen LogP contribution in [0.5, 0.6) is 11.5 Å². The largest absolute Gasteiger partial charge is 0.494 e. The van der Waals surface area contributed by atoms with Gasteiger partial charge in [0.1, 0.15) is 5.75 Å². The maximum Gasteiger partial charge on any atom is 0.362 e. The molecule has 1 N–H and O–H groups in total. The van der Waals surface area contributed by atoms with Gasteiger partial charge in [-0.25, -0.2) is 4.79 Å². The number of para-hydroxylation sites is 1. The summed E-state index contributed by atoms with van der Waals surface area (Å²) in [5.41, 5.74) is -0.0391. The molecular weight excluding hydrogens is 450 g/mol. The number of esters is 1. The Morgan fingerprint density at radius 1 is 1.03 bits per heavy atom. The number of carbonyl (C=O) groups excluding carboxylic acids is 2. The first kappa shape index (κ1) is 23.8. The third kappa shape index (κ3) is 6.11. The number of anilines is 1. The Morgan fingerprint density at radius 3 is 2.42 bits per heavy atom. The molecule has 0 saturated heterocycles. The molecule has 0 bridgehead atoms. The van der Waals surface area contributed by atoms with Gasteiger partial charge in [0.15, 0.2) is 12.4 Å². The number of nitrogens with zero attached hydrogens (tertiary/aromatic N) is 2. The summed E-state index contributed by atoms with van der Waals surface area (Å²) in [7, 11) is 0. The first-order chi connectivity index (χ1) is 15.9. The highest BCUT2D eigenvalue weighted by Gasteiger charge is 2.21. The molecule has 3 rings (SSSR count). The summed E-state index contributed by atoms with van der Waals surface area (Å²) in [5.74, 6) is -0.802. The molecule has 2 aromatic carbocycles. The molecular formula is C23H22ClN3O6. The Kier molecular flexibility index (Phi) is 8.04. The normalized spacial score (nSPS) is 10.4. The summed E-state index contributed by atoms with van der Waals surface area (Å²) < 4.78 is 16.8. The van der Waals surface area contributed by atoms with Gasteiger partial charge in [-0.1, -0.05) is 23.7 Å². The van der Waals surface area contributed by atoms with Crippen molar-refractivity contribution in [1.82, 2.24) is 9.78 Å². The van der Waals surface area contributed by atoms with Gasteiger partial charge in [0.05, 0.1) is 30.0 Å². The molecule has 1 amide bonds. The van der Waals surface area contributed by atoms with E-state index in [1.165, 1.54) is 0 Å². The maximum atomic E-state index is 12.6. The van der Waals surface area contributed by atoms with Crippen LogP contribution in [0.4, 0.5) is 5.69 Å². The molecule has 9 nitrogen and oxygen atoms in total. The van der Waals surface area contributed by atoms with Crippen LogP contribution in [0.25, 0.3) is 5.69 Å². The van der Waals surface area contributed by atoms with Crippen LogP contribution in [0.2, 0.25) is 5.02 Å². The SMILES string of the molecule is CCOC(=O)c1nn(-c2ccccc2Cl)c(=O)cc1OCC(=O)Nc1ccc(OCC)cc1. The zero-order chi connectivity index (χ0) is 23.8. The van der Waals surface area contributed by atoms with Crippen LogP contribution >= 0.6 is 11.6 Å². The van der Waals surface area contributed by atoms with Crippen molar-refractivity contribution >= 4 is 29.2 Å². The minimum atomic E-state index is -0.805. The highest BCUT2D eigenvalue weighted by atomic mass is 35.5. The lowest BCUT2D eigenvalue weighted by molar-refractivity contribution is -0.118. The van der Waals surface area contributed by atoms with Crippen LogP contribution < -0.4 is 20.3 Å². The van der Waals surface area contributed by atoms with Gasteiger partial charge in [-0.3, -0.25) is 9.59 Å². The Morgan fingerprint density at radius 2 is 1.76 bits per heavy atom. The molecule has 172 valence electrons. The maximum absolute atomic E-state index is 12.6. The molecule has 0 aliphatic rings. The zero-order valence-electron chi connectivity index (χ0n) is 18.0. The smallest absolute Gasteiger partial charge is 0.362 e. The number of hydrogen-bond acceptors (Lipinski definition) is 7. The summed E-state index contributed by atoms with van der Waals surface area (Å²) in [5, 5.41) is 7.01. The first-order valence-corrected chi connectivity index (χ1v) is 10.5. The number of benzene rings is 2. The lowest BCUT2D eigenvalue weighted by atomic mass is 10.3. The fourth-order valence-electron chi connectivity index (χ4n) is 2.83. The predicted octanol–water partition coefficient (Wildman–Crippen LogP) is 3.48. The van der Waals surface area contributed by atoms with Gasteiger partial charge in [-0.2, -0.15) is 9.78 Å². The lowest BCUT2D eigenvalue weighted by Gasteiger charge is -2.13. The number of aromatic nitrogens is 2. The summed E-state index contributed by atoms with van der Waals surface area (Å²) in [6, 6.07) is 14.4. The van der Waals surface area contributed by atoms with Crippen LogP contribution in [0.15, 0.2) is 59.4 Å². The van der Waals surface area contributed by atoms with Crippen molar-refractivity contribution in [3.63, 3.8) is 0 Å². The molecule has 3 aromatic rings. The van der Waals surface area contributed by atoms with Crippen molar-refractivity contribution in [2.45, 2.75) is 13.8 Å². The van der Waals surface area contributed by atoms with Crippen molar-refractivity contribution in [1.29, 1.82) is 0 Å². The van der Waals surface area contributed by atoms with E-state index in [9.17, 15) is 14.4 Å². The van der Waals surface area contributed by atoms with Crippen molar-refractivity contribution in [3.8, 4) is 17.2 Å². The van der Waals surface area contributed by atoms with E-state index in [4.69, 9.17) is 25.8 Å². The number of nitrogens with one attached hydrogen (secondary N) is 1. The standard InChI is InChI=1S/C23H22ClN3O6/c1-3-31-16-11-9-15(10-12-16)25-20(28)14-33-19-13-21(29)27(18-8-6-5-7-17(18)24)26-22(19)23(30)32-4-2/h5-13H,3-4,14H2,1-2H3,(H,25,28). The number of amides is 1. The number of rotatable bonds is 9. The van der Waals surface area contributed by atoms with Crippen LogP contribution in [0.1, 0.15) is 24.3 Å². The fraction of sp³-hybridized carbons (Fsp3) is 0.217. The average molecular weight is 472 g/mol. The van der Waals surface area contributed by atoms with Crippen molar-refractivity contribution in [2.75, 3.05) is 25.1 Å². The van der Waals surface area contributed by atoms with Gasteiger partial charge in [0, 0.05) is 5.69 Å². The Balaban J connectivity index is 1.80. The monoisotopic (exact) mass is 471 g/mol. The molecule has 0 fully saturated rings. The quantitative estimate of drug-likeness (QED) is 0.476. The van der Waals surface area contributed by atoms with Gasteiger partial charge in [0.2, 0.25) is 5.69 Å². The minimum absolute atomic E-state index is 0.0867. The second kappa shape index (κ2) is 11.1. The molecule has 1 aromatic heterocycles. The van der Waals surface area contributed by atoms with Crippen LogP contribution in [-0.2, 0) is 9.53 Å². The van der Waals surface area contributed by atoms with Crippen molar-refractivity contribution in [2.24, 2.45) is 0 Å². The molecule has 0 saturated carbocycles. The number of ether oxygens (including phenoxy) is 3. The van der Waals surface area contributed by atoms with E-state index in [1.54, 1.807) is 55.5 Å². The highest BCUT2D eigenvalue weighted by molar-refractivity contribution is 6.32. The third-order valence-corrected chi connectivity index (χ3v) is 4.57. The Hall–Kier alpha value is -3.85. The van der Waals surface area contributed by atoms with Crippen molar-refractivity contribution in [3.05, 3.63) is 75.7 Å². The topological polar surface area (TPSA) is 109 Å². The number of carbonyl (C=O) groups is 2. The summed E-state index contributed by atoms with van der Waals surface area (Å²) in [4.78, 5) is 37.4. The van der Waals surface area contributed by atoms with E-state index < -0.39 is 24.0 Å². The average Bonchev–Trinajstić information content (AvgIpc) is 2.80. The van der Waals surface area contributed by atoms with E-state index in [1.807, 2.05) is 6.92 Å². The zero-order valence-corrected chi connectivity index (χ0v) is 18.8. The summed E-state index contributed by atoms with van der Waals surface area (Å²) >= 11 is 6.16. The first-order valence-electron chi connectivity index (χ1n) is 10.1. The van der Waals surface area contributed by atoms with E-state index in [0.29, 0.717) is 18.0 Å². The molecule has 0 atom stereocenters. The molecule has 1 heterocycles. The molecule has 0 aliphatic heterocycles. The van der Waals surface area contributed by atoms with E-state index in [2.05, 4.69) is 10.4 Å². The Labute approximate surface area is 194 Å². The van der Waals surface area contributed by atoms with Gasteiger partial charge in [0.25, 0.3) is 11.5 Å². The molecule has 0 aliphatic carbocycles. The molecule has 0 radical (unpaired) electrons. The molecule has 33 heavy (non-hydrogen) atoms. The lowest BCUT2D eigenvalue weighted by Crippen LogP contribution is -2.27.